The van der Waals surface area contributed by atoms with Crippen LogP contribution in [0.2, 0.25) is 0 Å². The van der Waals surface area contributed by atoms with Crippen molar-refractivity contribution >= 4 is 0 Å². The van der Waals surface area contributed by atoms with Crippen molar-refractivity contribution in [1.29, 1.82) is 0 Å². The molecule has 76 valence electrons. The van der Waals surface area contributed by atoms with Gasteiger partial charge in [0.05, 0.1) is 0 Å². The van der Waals surface area contributed by atoms with Crippen LogP contribution in [0.25, 0.3) is 0 Å². The SMILES string of the molecule is Fc1cc(F)cc(CNCC2CC2)c1. The number of hydrogen-bond donors (Lipinski definition) is 1. The molecule has 0 aliphatic heterocycles. The van der Waals surface area contributed by atoms with Crippen LogP contribution in [0.15, 0.2) is 18.2 Å². The van der Waals surface area contributed by atoms with Crippen LogP contribution >= 0.6 is 0 Å². The Morgan fingerprint density at radius 3 is 2.36 bits per heavy atom. The second kappa shape index (κ2) is 4.05. The highest BCUT2D eigenvalue weighted by molar-refractivity contribution is 5.17. The minimum absolute atomic E-state index is 0.506. The van der Waals surface area contributed by atoms with Gasteiger partial charge in [-0.3, -0.25) is 0 Å². The van der Waals surface area contributed by atoms with Crippen LogP contribution in [0.3, 0.4) is 0 Å². The van der Waals surface area contributed by atoms with E-state index in [9.17, 15) is 8.78 Å². The molecule has 0 radical (unpaired) electrons. The highest BCUT2D eigenvalue weighted by Crippen LogP contribution is 2.27. The van der Waals surface area contributed by atoms with Crippen LogP contribution in [0, 0.1) is 17.6 Å². The minimum atomic E-state index is -0.506. The van der Waals surface area contributed by atoms with Gasteiger partial charge in [0, 0.05) is 12.6 Å². The van der Waals surface area contributed by atoms with Crippen molar-refractivity contribution in [3.8, 4) is 0 Å². The first-order valence-corrected chi connectivity index (χ1v) is 4.90. The van der Waals surface area contributed by atoms with Crippen molar-refractivity contribution in [3.05, 3.63) is 35.4 Å². The second-order valence-electron chi connectivity index (χ2n) is 3.85. The first-order valence-electron chi connectivity index (χ1n) is 4.90. The van der Waals surface area contributed by atoms with E-state index in [4.69, 9.17) is 0 Å². The van der Waals surface area contributed by atoms with E-state index in [1.165, 1.54) is 25.0 Å². The van der Waals surface area contributed by atoms with Crippen LogP contribution in [-0.4, -0.2) is 6.54 Å². The predicted molar refractivity (Wildman–Crippen MR) is 50.8 cm³/mol. The molecule has 1 aromatic rings. The van der Waals surface area contributed by atoms with Gasteiger partial charge in [-0.25, -0.2) is 8.78 Å². The van der Waals surface area contributed by atoms with Crippen LogP contribution in [0.5, 0.6) is 0 Å². The molecule has 0 saturated heterocycles. The fourth-order valence-electron chi connectivity index (χ4n) is 1.46. The van der Waals surface area contributed by atoms with E-state index in [0.717, 1.165) is 18.5 Å². The highest BCUT2D eigenvalue weighted by Gasteiger charge is 2.20. The average Bonchev–Trinajstić information content (AvgIpc) is 2.86. The molecule has 0 atom stereocenters. The summed E-state index contributed by atoms with van der Waals surface area (Å²) in [5.41, 5.74) is 0.670. The molecule has 1 nitrogen and oxygen atoms in total. The molecule has 0 heterocycles. The van der Waals surface area contributed by atoms with Gasteiger partial charge in [-0.2, -0.15) is 0 Å². The molecule has 0 bridgehead atoms. The molecule has 0 spiro atoms. The Hall–Kier alpha value is -0.960. The highest BCUT2D eigenvalue weighted by atomic mass is 19.1. The predicted octanol–water partition coefficient (Wildman–Crippen LogP) is 2.46. The normalized spacial score (nSPS) is 15.9. The summed E-state index contributed by atoms with van der Waals surface area (Å²) in [6.07, 6.45) is 2.56. The molecule has 2 rings (SSSR count). The molecule has 1 N–H and O–H groups in total. The minimum Gasteiger partial charge on any atom is -0.312 e. The Kier molecular flexibility index (Phi) is 2.77. The van der Waals surface area contributed by atoms with Gasteiger partial charge in [0.2, 0.25) is 0 Å². The van der Waals surface area contributed by atoms with E-state index < -0.39 is 11.6 Å². The molecule has 1 aromatic carbocycles. The summed E-state index contributed by atoms with van der Waals surface area (Å²) in [6.45, 7) is 1.50. The van der Waals surface area contributed by atoms with Gasteiger partial charge in [-0.15, -0.1) is 0 Å². The lowest BCUT2D eigenvalue weighted by Crippen LogP contribution is -2.16. The Bertz CT molecular complexity index is 301. The van der Waals surface area contributed by atoms with Gasteiger partial charge in [0.15, 0.2) is 0 Å². The Balaban J connectivity index is 1.87. The van der Waals surface area contributed by atoms with E-state index in [-0.39, 0.29) is 0 Å². The molecule has 0 amide bonds. The van der Waals surface area contributed by atoms with Gasteiger partial charge in [-0.05, 0) is 43.0 Å². The zero-order valence-corrected chi connectivity index (χ0v) is 7.89. The van der Waals surface area contributed by atoms with Crippen molar-refractivity contribution in [2.45, 2.75) is 19.4 Å². The van der Waals surface area contributed by atoms with Gasteiger partial charge < -0.3 is 5.32 Å². The van der Waals surface area contributed by atoms with Gasteiger partial charge in [-0.1, -0.05) is 0 Å². The molecule has 1 saturated carbocycles. The monoisotopic (exact) mass is 197 g/mol. The fraction of sp³-hybridized carbons (Fsp3) is 0.455. The zero-order chi connectivity index (χ0) is 9.97. The lowest BCUT2D eigenvalue weighted by molar-refractivity contribution is 0.572. The van der Waals surface area contributed by atoms with Crippen molar-refractivity contribution in [1.82, 2.24) is 5.32 Å². The van der Waals surface area contributed by atoms with Gasteiger partial charge in [0.25, 0.3) is 0 Å². The Labute approximate surface area is 82.1 Å². The molecular weight excluding hydrogens is 184 g/mol. The molecule has 14 heavy (non-hydrogen) atoms. The second-order valence-corrected chi connectivity index (χ2v) is 3.85. The van der Waals surface area contributed by atoms with Crippen LogP contribution in [0.1, 0.15) is 18.4 Å². The Morgan fingerprint density at radius 2 is 1.79 bits per heavy atom. The number of hydrogen-bond acceptors (Lipinski definition) is 1. The van der Waals surface area contributed by atoms with Crippen molar-refractivity contribution < 1.29 is 8.78 Å². The summed E-state index contributed by atoms with van der Waals surface area (Å²) in [5, 5.41) is 3.18. The maximum Gasteiger partial charge on any atom is 0.126 e. The lowest BCUT2D eigenvalue weighted by Gasteiger charge is -2.03. The maximum atomic E-state index is 12.8. The number of benzene rings is 1. The molecular formula is C11H13F2N. The van der Waals surface area contributed by atoms with E-state index >= 15 is 0 Å². The Morgan fingerprint density at radius 1 is 1.14 bits per heavy atom. The number of halogens is 2. The quantitative estimate of drug-likeness (QED) is 0.781. The van der Waals surface area contributed by atoms with E-state index in [0.29, 0.717) is 12.1 Å². The first kappa shape index (κ1) is 9.59. The van der Waals surface area contributed by atoms with Crippen molar-refractivity contribution in [3.63, 3.8) is 0 Å². The molecule has 0 aromatic heterocycles. The third-order valence-electron chi connectivity index (χ3n) is 2.38. The van der Waals surface area contributed by atoms with Crippen LogP contribution in [0.4, 0.5) is 8.78 Å². The van der Waals surface area contributed by atoms with Gasteiger partial charge in [0.1, 0.15) is 11.6 Å². The molecule has 3 heteroatoms. The summed E-state index contributed by atoms with van der Waals surface area (Å²) < 4.78 is 25.5. The maximum absolute atomic E-state index is 12.8. The first-order chi connectivity index (χ1) is 6.74. The van der Waals surface area contributed by atoms with Crippen molar-refractivity contribution in [2.75, 3.05) is 6.54 Å². The third-order valence-corrected chi connectivity index (χ3v) is 2.38. The molecule has 1 aliphatic rings. The third kappa shape index (κ3) is 2.77. The summed E-state index contributed by atoms with van der Waals surface area (Å²) >= 11 is 0. The molecule has 1 fully saturated rings. The average molecular weight is 197 g/mol. The number of nitrogens with one attached hydrogen (secondary N) is 1. The summed E-state index contributed by atoms with van der Waals surface area (Å²) in [4.78, 5) is 0. The summed E-state index contributed by atoms with van der Waals surface area (Å²) in [6, 6.07) is 3.62. The van der Waals surface area contributed by atoms with E-state index in [1.807, 2.05) is 0 Å². The van der Waals surface area contributed by atoms with Crippen LogP contribution in [-0.2, 0) is 6.54 Å². The van der Waals surface area contributed by atoms with E-state index in [1.54, 1.807) is 0 Å². The topological polar surface area (TPSA) is 12.0 Å². The fourth-order valence-corrected chi connectivity index (χ4v) is 1.46. The van der Waals surface area contributed by atoms with Gasteiger partial charge >= 0.3 is 0 Å². The molecule has 0 unspecified atom stereocenters. The molecule has 1 aliphatic carbocycles. The summed E-state index contributed by atoms with van der Waals surface area (Å²) in [7, 11) is 0. The standard InChI is InChI=1S/C11H13F2N/c12-10-3-9(4-11(13)5-10)7-14-6-8-1-2-8/h3-5,8,14H,1-2,6-7H2. The zero-order valence-electron chi connectivity index (χ0n) is 7.89. The van der Waals surface area contributed by atoms with Crippen LogP contribution < -0.4 is 5.32 Å². The van der Waals surface area contributed by atoms with E-state index in [2.05, 4.69) is 5.32 Å². The smallest absolute Gasteiger partial charge is 0.126 e. The number of rotatable bonds is 4. The lowest BCUT2D eigenvalue weighted by atomic mass is 10.2. The largest absolute Gasteiger partial charge is 0.312 e. The summed E-state index contributed by atoms with van der Waals surface area (Å²) in [5.74, 6) is -0.227. The van der Waals surface area contributed by atoms with Crippen molar-refractivity contribution in [2.24, 2.45) is 5.92 Å².